The molecular weight excluding hydrogens is 482 g/mol. The monoisotopic (exact) mass is 496 g/mol. The third kappa shape index (κ3) is 4.47. The molecule has 9 heteroatoms. The fraction of sp³-hybridized carbons (Fsp3) is 0.105. The van der Waals surface area contributed by atoms with Crippen molar-refractivity contribution in [2.24, 2.45) is 0 Å². The Hall–Kier alpha value is -2.95. The van der Waals surface area contributed by atoms with Crippen LogP contribution in [0.15, 0.2) is 48.2 Å². The molecule has 1 aliphatic heterocycles. The van der Waals surface area contributed by atoms with Gasteiger partial charge in [-0.3, -0.25) is 9.59 Å². The minimum Gasteiger partial charge on any atom is -0.488 e. The van der Waals surface area contributed by atoms with Gasteiger partial charge in [-0.2, -0.15) is 0 Å². The van der Waals surface area contributed by atoms with Crippen molar-refractivity contribution in [2.45, 2.75) is 6.61 Å². The minimum absolute atomic E-state index is 0.0120. The molecule has 0 aromatic heterocycles. The highest BCUT2D eigenvalue weighted by Crippen LogP contribution is 2.25. The van der Waals surface area contributed by atoms with Gasteiger partial charge in [0.1, 0.15) is 30.4 Å². The fourth-order valence-corrected chi connectivity index (χ4v) is 3.21. The number of imide groups is 1. The van der Waals surface area contributed by atoms with Crippen LogP contribution in [0.4, 0.5) is 9.18 Å². The van der Waals surface area contributed by atoms with Crippen LogP contribution in [-0.4, -0.2) is 34.5 Å². The first-order valence-corrected chi connectivity index (χ1v) is 9.15. The van der Waals surface area contributed by atoms with E-state index in [1.807, 2.05) is 22.6 Å². The number of benzene rings is 2. The number of urea groups is 1. The Morgan fingerprint density at radius 1 is 1.25 bits per heavy atom. The van der Waals surface area contributed by atoms with Crippen molar-refractivity contribution in [3.05, 3.63) is 68.7 Å². The summed E-state index contributed by atoms with van der Waals surface area (Å²) >= 11 is 2.05. The van der Waals surface area contributed by atoms with E-state index in [1.165, 1.54) is 12.1 Å². The van der Waals surface area contributed by atoms with Gasteiger partial charge in [-0.25, -0.2) is 14.1 Å². The number of nitrogens with zero attached hydrogens (tertiary/aromatic N) is 1. The van der Waals surface area contributed by atoms with Crippen molar-refractivity contribution in [3.63, 3.8) is 0 Å². The van der Waals surface area contributed by atoms with Gasteiger partial charge in [-0.15, -0.1) is 0 Å². The van der Waals surface area contributed by atoms with Gasteiger partial charge in [0.15, 0.2) is 0 Å². The topological polar surface area (TPSA) is 95.9 Å². The van der Waals surface area contributed by atoms with Crippen LogP contribution < -0.4 is 10.1 Å². The first kappa shape index (κ1) is 19.8. The van der Waals surface area contributed by atoms with Gasteiger partial charge in [-0.1, -0.05) is 24.3 Å². The van der Waals surface area contributed by atoms with Crippen LogP contribution in [0.5, 0.6) is 5.75 Å². The summed E-state index contributed by atoms with van der Waals surface area (Å²) in [6.07, 6.45) is 1.45. The molecule has 0 unspecified atom stereocenters. The lowest BCUT2D eigenvalue weighted by Crippen LogP contribution is -2.35. The molecule has 2 N–H and O–H groups in total. The summed E-state index contributed by atoms with van der Waals surface area (Å²) in [7, 11) is 0. The lowest BCUT2D eigenvalue weighted by atomic mass is 10.2. The number of carbonyl (C=O) groups is 3. The average Bonchev–Trinajstić information content (AvgIpc) is 2.89. The molecule has 1 aliphatic rings. The van der Waals surface area contributed by atoms with Crippen LogP contribution in [-0.2, 0) is 16.2 Å². The summed E-state index contributed by atoms with van der Waals surface area (Å²) in [6.45, 7) is -0.635. The number of aliphatic carboxylic acids is 1. The second-order valence-corrected chi connectivity index (χ2v) is 7.01. The number of halogens is 2. The number of rotatable bonds is 6. The quantitative estimate of drug-likeness (QED) is 0.365. The van der Waals surface area contributed by atoms with E-state index in [0.29, 0.717) is 21.8 Å². The summed E-state index contributed by atoms with van der Waals surface area (Å²) in [5.74, 6) is -1.79. The molecule has 0 saturated carbocycles. The maximum absolute atomic E-state index is 13.7. The second-order valence-electron chi connectivity index (χ2n) is 5.84. The molecule has 1 saturated heterocycles. The number of carboxylic acids is 1. The Morgan fingerprint density at radius 3 is 2.68 bits per heavy atom. The minimum atomic E-state index is -1.28. The third-order valence-corrected chi connectivity index (χ3v) is 4.71. The van der Waals surface area contributed by atoms with Crippen molar-refractivity contribution >= 4 is 46.6 Å². The molecule has 7 nitrogen and oxygen atoms in total. The molecule has 28 heavy (non-hydrogen) atoms. The molecule has 1 fully saturated rings. The van der Waals surface area contributed by atoms with Crippen molar-refractivity contribution in [1.82, 2.24) is 10.2 Å². The van der Waals surface area contributed by atoms with E-state index in [-0.39, 0.29) is 18.1 Å². The van der Waals surface area contributed by atoms with Crippen LogP contribution in [0, 0.1) is 9.39 Å². The normalized spacial score (nSPS) is 15.1. The molecule has 144 valence electrons. The maximum Gasteiger partial charge on any atom is 0.329 e. The van der Waals surface area contributed by atoms with Gasteiger partial charge in [0.05, 0.1) is 3.57 Å². The average molecular weight is 496 g/mol. The largest absolute Gasteiger partial charge is 0.488 e. The molecule has 0 radical (unpaired) electrons. The van der Waals surface area contributed by atoms with Crippen LogP contribution in [0.25, 0.3) is 6.08 Å². The number of hydrogen-bond acceptors (Lipinski definition) is 4. The molecule has 0 atom stereocenters. The van der Waals surface area contributed by atoms with Crippen molar-refractivity contribution in [1.29, 1.82) is 0 Å². The number of amides is 3. The smallest absolute Gasteiger partial charge is 0.329 e. The first-order chi connectivity index (χ1) is 13.3. The summed E-state index contributed by atoms with van der Waals surface area (Å²) in [5, 5.41) is 11.1. The van der Waals surface area contributed by atoms with E-state index in [2.05, 4.69) is 5.32 Å². The Morgan fingerprint density at radius 2 is 2.00 bits per heavy atom. The highest BCUT2D eigenvalue weighted by molar-refractivity contribution is 14.1. The van der Waals surface area contributed by atoms with E-state index in [0.717, 1.165) is 3.57 Å². The highest BCUT2D eigenvalue weighted by atomic mass is 127. The Balaban J connectivity index is 1.73. The Kier molecular flexibility index (Phi) is 5.93. The molecule has 2 aromatic carbocycles. The van der Waals surface area contributed by atoms with Crippen LogP contribution in [0.3, 0.4) is 0 Å². The predicted molar refractivity (Wildman–Crippen MR) is 106 cm³/mol. The van der Waals surface area contributed by atoms with Crippen LogP contribution in [0.2, 0.25) is 0 Å². The number of carbonyl (C=O) groups excluding carboxylic acids is 2. The second kappa shape index (κ2) is 8.38. The van der Waals surface area contributed by atoms with E-state index >= 15 is 0 Å². The zero-order chi connectivity index (χ0) is 20.3. The number of nitrogens with one attached hydrogen (secondary N) is 1. The molecular formula is C19H14FIN2O5. The number of carboxylic acid groups (broad SMARTS) is 1. The number of hydrogen-bond donors (Lipinski definition) is 2. The lowest BCUT2D eigenvalue weighted by molar-refractivity contribution is -0.140. The van der Waals surface area contributed by atoms with Crippen molar-refractivity contribution in [2.75, 3.05) is 6.54 Å². The predicted octanol–water partition coefficient (Wildman–Crippen LogP) is 2.99. The molecule has 3 rings (SSSR count). The van der Waals surface area contributed by atoms with E-state index < -0.39 is 24.5 Å². The fourth-order valence-electron chi connectivity index (χ4n) is 2.51. The molecule has 1 heterocycles. The summed E-state index contributed by atoms with van der Waals surface area (Å²) in [6, 6.07) is 10.6. The Labute approximate surface area is 172 Å². The maximum atomic E-state index is 13.7. The molecule has 2 aromatic rings. The Bertz CT molecular complexity index is 992. The van der Waals surface area contributed by atoms with E-state index in [4.69, 9.17) is 9.84 Å². The van der Waals surface area contributed by atoms with Crippen LogP contribution >= 0.6 is 22.6 Å². The van der Waals surface area contributed by atoms with Gasteiger partial charge in [0.25, 0.3) is 5.91 Å². The van der Waals surface area contributed by atoms with Gasteiger partial charge in [0, 0.05) is 5.56 Å². The molecule has 3 amide bonds. The highest BCUT2D eigenvalue weighted by Gasteiger charge is 2.34. The molecule has 0 spiro atoms. The first-order valence-electron chi connectivity index (χ1n) is 8.07. The van der Waals surface area contributed by atoms with Crippen molar-refractivity contribution < 1.29 is 28.6 Å². The third-order valence-electron chi connectivity index (χ3n) is 3.86. The van der Waals surface area contributed by atoms with Gasteiger partial charge >= 0.3 is 12.0 Å². The summed E-state index contributed by atoms with van der Waals surface area (Å²) in [5.41, 5.74) is 1.04. The van der Waals surface area contributed by atoms with Crippen LogP contribution in [0.1, 0.15) is 11.1 Å². The summed E-state index contributed by atoms with van der Waals surface area (Å²) in [4.78, 5) is 35.2. The van der Waals surface area contributed by atoms with E-state index in [9.17, 15) is 18.8 Å². The van der Waals surface area contributed by atoms with Gasteiger partial charge < -0.3 is 15.2 Å². The van der Waals surface area contributed by atoms with Gasteiger partial charge in [0.2, 0.25) is 0 Å². The lowest BCUT2D eigenvalue weighted by Gasteiger charge is -2.10. The standard InChI is InChI=1S/C19H14FIN2O5/c20-13-4-2-1-3-12(13)10-28-16-6-5-11(7-14(16)21)8-15-18(26)23(9-17(24)25)19(27)22-15/h1-8H,9-10H2,(H,22,27)(H,24,25)/b15-8+. The zero-order valence-electron chi connectivity index (χ0n) is 14.3. The molecule has 0 aliphatic carbocycles. The van der Waals surface area contributed by atoms with Gasteiger partial charge in [-0.05, 0) is 52.4 Å². The van der Waals surface area contributed by atoms with Crippen molar-refractivity contribution in [3.8, 4) is 5.75 Å². The SMILES string of the molecule is O=C(O)CN1C(=O)N/C(=C/c2ccc(OCc3ccccc3F)c(I)c2)C1=O. The summed E-state index contributed by atoms with van der Waals surface area (Å²) < 4.78 is 20.0. The number of ether oxygens (including phenoxy) is 1. The zero-order valence-corrected chi connectivity index (χ0v) is 16.5. The van der Waals surface area contributed by atoms with E-state index in [1.54, 1.807) is 36.4 Å². The molecule has 0 bridgehead atoms.